The molecule has 0 bridgehead atoms. The van der Waals surface area contributed by atoms with Gasteiger partial charge in [-0.05, 0) is 51.5 Å². The molecular weight excluding hydrogens is 360 g/mol. The Hall–Kier alpha value is -1.76. The van der Waals surface area contributed by atoms with E-state index >= 15 is 0 Å². The Morgan fingerprint density at radius 1 is 1.39 bits per heavy atom. The average Bonchev–Trinajstić information content (AvgIpc) is 3.12. The maximum Gasteiger partial charge on any atom is 0.302 e. The van der Waals surface area contributed by atoms with Gasteiger partial charge in [-0.25, -0.2) is 4.89 Å². The van der Waals surface area contributed by atoms with Gasteiger partial charge >= 0.3 is 5.97 Å². The Labute approximate surface area is 166 Å². The minimum atomic E-state index is -1.23. The zero-order valence-electron chi connectivity index (χ0n) is 17.3. The van der Waals surface area contributed by atoms with Crippen LogP contribution >= 0.6 is 0 Å². The van der Waals surface area contributed by atoms with Crippen molar-refractivity contribution in [3.05, 3.63) is 36.0 Å². The van der Waals surface area contributed by atoms with Crippen LogP contribution in [0.1, 0.15) is 47.5 Å². The highest BCUT2D eigenvalue weighted by atomic mass is 17.1. The van der Waals surface area contributed by atoms with Crippen molar-refractivity contribution < 1.29 is 29.6 Å². The van der Waals surface area contributed by atoms with Gasteiger partial charge in [0, 0.05) is 18.8 Å². The van der Waals surface area contributed by atoms with Gasteiger partial charge in [-0.2, -0.15) is 0 Å². The summed E-state index contributed by atoms with van der Waals surface area (Å²) >= 11 is 0. The Morgan fingerprint density at radius 2 is 2.07 bits per heavy atom. The third-order valence-corrected chi connectivity index (χ3v) is 5.98. The van der Waals surface area contributed by atoms with Gasteiger partial charge in [0.05, 0.1) is 0 Å². The van der Waals surface area contributed by atoms with E-state index in [-0.39, 0.29) is 36.1 Å². The van der Waals surface area contributed by atoms with Gasteiger partial charge in [0.15, 0.2) is 5.78 Å². The Balaban J connectivity index is 2.22. The van der Waals surface area contributed by atoms with E-state index < -0.39 is 17.2 Å². The van der Waals surface area contributed by atoms with Gasteiger partial charge in [-0.3, -0.25) is 14.8 Å². The number of hydrogen-bond donors (Lipinski definition) is 2. The summed E-state index contributed by atoms with van der Waals surface area (Å²) in [7, 11) is 0. The molecule has 2 aliphatic carbocycles. The molecule has 0 aromatic rings. The molecule has 2 rings (SSSR count). The molecule has 0 aromatic heterocycles. The zero-order chi connectivity index (χ0) is 21.1. The number of rotatable bonds is 7. The molecule has 6 heteroatoms. The third-order valence-electron chi connectivity index (χ3n) is 5.98. The summed E-state index contributed by atoms with van der Waals surface area (Å²) in [5.74, 6) is -0.876. The van der Waals surface area contributed by atoms with Crippen LogP contribution in [0.25, 0.3) is 0 Å². The fourth-order valence-corrected chi connectivity index (χ4v) is 4.31. The number of allylic oxidation sites excluding steroid dienone is 5. The van der Waals surface area contributed by atoms with Crippen LogP contribution in [0.5, 0.6) is 0 Å². The fraction of sp³-hybridized carbons (Fsp3) is 0.636. The van der Waals surface area contributed by atoms with E-state index in [4.69, 9.17) is 9.99 Å². The van der Waals surface area contributed by atoms with Gasteiger partial charge in [0.1, 0.15) is 17.8 Å². The lowest BCUT2D eigenvalue weighted by Gasteiger charge is -2.34. The second-order valence-corrected chi connectivity index (χ2v) is 8.74. The topological polar surface area (TPSA) is 93.1 Å². The van der Waals surface area contributed by atoms with Crippen LogP contribution in [0.2, 0.25) is 0 Å². The van der Waals surface area contributed by atoms with E-state index in [1.165, 1.54) is 6.92 Å². The predicted molar refractivity (Wildman–Crippen MR) is 105 cm³/mol. The molecule has 28 heavy (non-hydrogen) atoms. The molecule has 0 spiro atoms. The largest absolute Gasteiger partial charge is 0.463 e. The monoisotopic (exact) mass is 392 g/mol. The van der Waals surface area contributed by atoms with Crippen LogP contribution in [-0.4, -0.2) is 39.9 Å². The summed E-state index contributed by atoms with van der Waals surface area (Å²) in [6, 6.07) is 0. The van der Waals surface area contributed by atoms with Crippen molar-refractivity contribution in [3.8, 4) is 0 Å². The Bertz CT molecular complexity index is 689. The molecule has 0 radical (unpaired) electrons. The molecule has 2 N–H and O–H groups in total. The highest BCUT2D eigenvalue weighted by Gasteiger charge is 2.53. The number of carbonyl (C=O) groups is 2. The van der Waals surface area contributed by atoms with Crippen molar-refractivity contribution in [1.29, 1.82) is 0 Å². The lowest BCUT2D eigenvalue weighted by molar-refractivity contribution is -0.297. The molecule has 0 heterocycles. The molecule has 0 unspecified atom stereocenters. The summed E-state index contributed by atoms with van der Waals surface area (Å²) in [5, 5.41) is 20.2. The molecular formula is C22H32O6. The molecule has 0 saturated heterocycles. The second kappa shape index (κ2) is 8.72. The number of ether oxygens (including phenoxy) is 1. The first-order chi connectivity index (χ1) is 13.0. The molecule has 6 nitrogen and oxygen atoms in total. The first-order valence-corrected chi connectivity index (χ1v) is 9.75. The van der Waals surface area contributed by atoms with Crippen LogP contribution in [0.3, 0.4) is 0 Å². The summed E-state index contributed by atoms with van der Waals surface area (Å²) in [5.41, 5.74) is -0.967. The second-order valence-electron chi connectivity index (χ2n) is 8.74. The van der Waals surface area contributed by atoms with Crippen LogP contribution in [0.4, 0.5) is 0 Å². The van der Waals surface area contributed by atoms with E-state index in [9.17, 15) is 14.7 Å². The van der Waals surface area contributed by atoms with Crippen LogP contribution in [-0.2, 0) is 19.2 Å². The molecule has 1 saturated carbocycles. The third kappa shape index (κ3) is 5.19. The first kappa shape index (κ1) is 22.5. The van der Waals surface area contributed by atoms with Crippen LogP contribution in [0, 0.1) is 23.7 Å². The van der Waals surface area contributed by atoms with Crippen molar-refractivity contribution in [3.63, 3.8) is 0 Å². The summed E-state index contributed by atoms with van der Waals surface area (Å²) < 4.78 is 5.16. The number of esters is 1. The van der Waals surface area contributed by atoms with Gasteiger partial charge in [0.2, 0.25) is 0 Å². The van der Waals surface area contributed by atoms with E-state index in [1.54, 1.807) is 26.0 Å². The molecule has 156 valence electrons. The minimum absolute atomic E-state index is 0.0303. The summed E-state index contributed by atoms with van der Waals surface area (Å²) in [6.45, 7) is 8.64. The number of carbonyl (C=O) groups excluding carboxylic acids is 2. The van der Waals surface area contributed by atoms with Gasteiger partial charge in [0.25, 0.3) is 0 Å². The molecule has 1 fully saturated rings. The zero-order valence-corrected chi connectivity index (χ0v) is 17.3. The highest BCUT2D eigenvalue weighted by molar-refractivity contribution is 5.94. The lowest BCUT2D eigenvalue weighted by Crippen LogP contribution is -2.44. The average molecular weight is 392 g/mol. The fourth-order valence-electron chi connectivity index (χ4n) is 4.31. The van der Waals surface area contributed by atoms with E-state index in [0.717, 1.165) is 5.57 Å². The molecule has 5 atom stereocenters. The predicted octanol–water partition coefficient (Wildman–Crippen LogP) is 3.47. The normalized spacial score (nSPS) is 33.8. The van der Waals surface area contributed by atoms with Crippen molar-refractivity contribution in [2.24, 2.45) is 23.7 Å². The van der Waals surface area contributed by atoms with E-state index in [1.807, 2.05) is 32.1 Å². The number of hydrogen-bond acceptors (Lipinski definition) is 6. The molecule has 0 amide bonds. The van der Waals surface area contributed by atoms with Crippen molar-refractivity contribution in [2.75, 3.05) is 6.61 Å². The number of ketones is 1. The number of aliphatic hydroxyl groups is 1. The summed E-state index contributed by atoms with van der Waals surface area (Å²) in [4.78, 5) is 28.1. The smallest absolute Gasteiger partial charge is 0.302 e. The van der Waals surface area contributed by atoms with Crippen molar-refractivity contribution in [2.45, 2.75) is 58.7 Å². The van der Waals surface area contributed by atoms with Gasteiger partial charge in [-0.15, -0.1) is 0 Å². The Kier molecular flexibility index (Phi) is 7.02. The summed E-state index contributed by atoms with van der Waals surface area (Å²) in [6.07, 6.45) is 10.0. The molecule has 0 aromatic carbocycles. The standard InChI is InChI=1S/C22H32O6/c1-14(7-6-10-21(4,5)28-26)17-11-18(20-15(2)8-9-19(20)24)22(25,12-17)13-27-16(3)23/h6-10,15,17-18,20,25-26H,11-13H2,1-5H3/b10-6+,14-7+/t15-,17+,18+,20+,22+/m1/s1. The molecule has 2 aliphatic rings. The molecule has 0 aliphatic heterocycles. The SMILES string of the molecule is CC(=O)OC[C@@]1(O)C[C@@H](/C(C)=C/C=C/C(C)(C)OO)C[C@H]1[C@H]1C(=O)C=C[C@H]1C. The van der Waals surface area contributed by atoms with Crippen molar-refractivity contribution in [1.82, 2.24) is 0 Å². The first-order valence-electron chi connectivity index (χ1n) is 9.75. The quantitative estimate of drug-likeness (QED) is 0.298. The maximum absolute atomic E-state index is 12.4. The van der Waals surface area contributed by atoms with E-state index in [0.29, 0.717) is 12.8 Å². The van der Waals surface area contributed by atoms with Gasteiger partial charge < -0.3 is 9.84 Å². The van der Waals surface area contributed by atoms with Crippen LogP contribution < -0.4 is 0 Å². The highest BCUT2D eigenvalue weighted by Crippen LogP contribution is 2.50. The van der Waals surface area contributed by atoms with Crippen molar-refractivity contribution >= 4 is 11.8 Å². The van der Waals surface area contributed by atoms with Gasteiger partial charge in [-0.1, -0.05) is 36.8 Å². The Morgan fingerprint density at radius 3 is 2.61 bits per heavy atom. The lowest BCUT2D eigenvalue weighted by atomic mass is 9.75. The maximum atomic E-state index is 12.4. The minimum Gasteiger partial charge on any atom is -0.463 e. The van der Waals surface area contributed by atoms with Crippen LogP contribution in [0.15, 0.2) is 36.0 Å². The van der Waals surface area contributed by atoms with E-state index in [2.05, 4.69) is 4.89 Å².